The fourth-order valence-electron chi connectivity index (χ4n) is 2.52. The van der Waals surface area contributed by atoms with Crippen molar-refractivity contribution >= 4 is 11.9 Å². The highest BCUT2D eigenvalue weighted by atomic mass is 16.6. The molecule has 34 heavy (non-hydrogen) atoms. The molecule has 2 rings (SSSR count). The van der Waals surface area contributed by atoms with E-state index in [9.17, 15) is 9.59 Å². The van der Waals surface area contributed by atoms with Crippen LogP contribution in [0.4, 0.5) is 0 Å². The lowest BCUT2D eigenvalue weighted by atomic mass is 10.1. The minimum atomic E-state index is -0.489. The average Bonchev–Trinajstić information content (AvgIpc) is 2.79. The highest BCUT2D eigenvalue weighted by Crippen LogP contribution is 2.27. The van der Waals surface area contributed by atoms with Crippen molar-refractivity contribution in [3.63, 3.8) is 0 Å². The molecule has 0 heterocycles. The zero-order chi connectivity index (χ0) is 25.4. The maximum atomic E-state index is 11.6. The Kier molecular flexibility index (Phi) is 9.01. The smallest absolute Gasteiger partial charge is 0.338 e. The number of carbonyl (C=O) groups excluding carboxylic acids is 2. The summed E-state index contributed by atoms with van der Waals surface area (Å²) in [5.74, 6) is 1.98. The largest absolute Gasteiger partial charge is 0.459 e. The van der Waals surface area contributed by atoms with E-state index in [1.54, 1.807) is 41.5 Å². The van der Waals surface area contributed by atoms with Gasteiger partial charge in [-0.15, -0.1) is 0 Å². The lowest BCUT2D eigenvalue weighted by Gasteiger charge is -2.12. The second kappa shape index (κ2) is 11.7. The second-order valence-electron chi connectivity index (χ2n) is 7.82. The summed E-state index contributed by atoms with van der Waals surface area (Å²) in [6.45, 7) is 17.1. The van der Waals surface area contributed by atoms with Gasteiger partial charge in [0, 0.05) is 11.1 Å². The molecule has 178 valence electrons. The Labute approximate surface area is 200 Å². The minimum Gasteiger partial charge on any atom is -0.459 e. The van der Waals surface area contributed by atoms with E-state index in [2.05, 4.69) is 13.2 Å². The summed E-state index contributed by atoms with van der Waals surface area (Å²) in [5.41, 5.74) is 2.62. The van der Waals surface area contributed by atoms with E-state index in [4.69, 9.17) is 18.9 Å². The van der Waals surface area contributed by atoms with Gasteiger partial charge in [0.15, 0.2) is 0 Å². The van der Waals surface area contributed by atoms with Crippen molar-refractivity contribution < 1.29 is 28.5 Å². The summed E-state index contributed by atoms with van der Waals surface area (Å²) in [6, 6.07) is 15.1. The number of ether oxygens (including phenoxy) is 4. The van der Waals surface area contributed by atoms with Gasteiger partial charge in [-0.05, 0) is 76.9 Å². The molecule has 0 aliphatic carbocycles. The number of benzene rings is 2. The molecular weight excluding hydrogens is 432 g/mol. The van der Waals surface area contributed by atoms with E-state index in [-0.39, 0.29) is 0 Å². The van der Waals surface area contributed by atoms with Crippen LogP contribution < -0.4 is 9.47 Å². The van der Waals surface area contributed by atoms with Crippen molar-refractivity contribution in [2.75, 3.05) is 0 Å². The first kappa shape index (κ1) is 26.2. The van der Waals surface area contributed by atoms with Gasteiger partial charge in [0.05, 0.1) is 0 Å². The molecule has 6 nitrogen and oxygen atoms in total. The average molecular weight is 463 g/mol. The third-order valence-corrected chi connectivity index (χ3v) is 4.76. The van der Waals surface area contributed by atoms with E-state index in [0.29, 0.717) is 45.7 Å². The van der Waals surface area contributed by atoms with Crippen LogP contribution in [0.5, 0.6) is 11.5 Å². The van der Waals surface area contributed by atoms with Crippen molar-refractivity contribution in [1.29, 1.82) is 0 Å². The van der Waals surface area contributed by atoms with Crippen molar-refractivity contribution in [3.05, 3.63) is 95.9 Å². The number of esters is 2. The molecule has 0 aromatic heterocycles. The first-order chi connectivity index (χ1) is 16.0. The molecule has 0 N–H and O–H groups in total. The number of hydrogen-bond acceptors (Lipinski definition) is 6. The lowest BCUT2D eigenvalue weighted by Crippen LogP contribution is -2.06. The van der Waals surface area contributed by atoms with Crippen LogP contribution in [0.25, 0.3) is 11.1 Å². The van der Waals surface area contributed by atoms with E-state index in [0.717, 1.165) is 11.1 Å². The Bertz CT molecular complexity index is 1050. The number of allylic oxidation sites excluding steroid dienone is 4. The molecule has 0 aliphatic heterocycles. The second-order valence-corrected chi connectivity index (χ2v) is 7.82. The Balaban J connectivity index is 2.05. The summed E-state index contributed by atoms with van der Waals surface area (Å²) in [4.78, 5) is 23.3. The van der Waals surface area contributed by atoms with Crippen LogP contribution in [-0.2, 0) is 19.1 Å². The zero-order valence-corrected chi connectivity index (χ0v) is 20.5. The highest BCUT2D eigenvalue weighted by Gasteiger charge is 2.10. The van der Waals surface area contributed by atoms with Crippen LogP contribution in [-0.4, -0.2) is 11.9 Å². The molecule has 0 amide bonds. The van der Waals surface area contributed by atoms with E-state index >= 15 is 0 Å². The summed E-state index contributed by atoms with van der Waals surface area (Å²) < 4.78 is 22.0. The fraction of sp³-hybridized carbons (Fsp3) is 0.214. The molecule has 0 aliphatic rings. The predicted octanol–water partition coefficient (Wildman–Crippen LogP) is 6.85. The minimum absolute atomic E-state index is 0.320. The fourth-order valence-corrected chi connectivity index (χ4v) is 2.52. The van der Waals surface area contributed by atoms with Gasteiger partial charge in [0.1, 0.15) is 34.5 Å². The Morgan fingerprint density at radius 3 is 1.09 bits per heavy atom. The van der Waals surface area contributed by atoms with E-state index in [1.807, 2.05) is 48.5 Å². The molecule has 0 saturated heterocycles. The molecule has 0 bridgehead atoms. The molecule has 0 spiro atoms. The van der Waals surface area contributed by atoms with Gasteiger partial charge in [-0.2, -0.15) is 0 Å². The monoisotopic (exact) mass is 462 g/mol. The Morgan fingerprint density at radius 1 is 0.529 bits per heavy atom. The van der Waals surface area contributed by atoms with Crippen LogP contribution >= 0.6 is 0 Å². The molecule has 0 saturated carbocycles. The molecule has 0 unspecified atom stereocenters. The third kappa shape index (κ3) is 7.52. The number of hydrogen-bond donors (Lipinski definition) is 0. The summed E-state index contributed by atoms with van der Waals surface area (Å²) in [6.07, 6.45) is 0. The molecule has 0 fully saturated rings. The predicted molar refractivity (Wildman–Crippen MR) is 132 cm³/mol. The van der Waals surface area contributed by atoms with Crippen LogP contribution in [0.15, 0.2) is 95.9 Å². The van der Waals surface area contributed by atoms with Gasteiger partial charge >= 0.3 is 11.9 Å². The van der Waals surface area contributed by atoms with Crippen LogP contribution in [0.2, 0.25) is 0 Å². The van der Waals surface area contributed by atoms with Crippen molar-refractivity contribution in [1.82, 2.24) is 0 Å². The van der Waals surface area contributed by atoms with Crippen molar-refractivity contribution in [2.45, 2.75) is 41.5 Å². The van der Waals surface area contributed by atoms with Gasteiger partial charge in [-0.3, -0.25) is 0 Å². The zero-order valence-electron chi connectivity index (χ0n) is 20.5. The van der Waals surface area contributed by atoms with Gasteiger partial charge in [-0.1, -0.05) is 37.4 Å². The summed E-state index contributed by atoms with van der Waals surface area (Å²) in [7, 11) is 0. The lowest BCUT2D eigenvalue weighted by molar-refractivity contribution is -0.136. The molecule has 0 atom stereocenters. The number of carbonyl (C=O) groups is 2. The first-order valence-electron chi connectivity index (χ1n) is 10.6. The Hall–Kier alpha value is -4.06. The standard InChI is InChI=1S/C28H30O6/c1-17(2)27(29)33-21(7)19(5)31-25-13-9-23(10-14-25)24-11-15-26(16-12-24)32-20(6)22(8)34-28(30)18(3)4/h9-16H,1,3H2,2,4-8H3/b21-19+,22-20+. The van der Waals surface area contributed by atoms with Crippen LogP contribution in [0.3, 0.4) is 0 Å². The van der Waals surface area contributed by atoms with Gasteiger partial charge in [-0.25, -0.2) is 9.59 Å². The van der Waals surface area contributed by atoms with E-state index < -0.39 is 11.9 Å². The topological polar surface area (TPSA) is 71.1 Å². The maximum absolute atomic E-state index is 11.6. The van der Waals surface area contributed by atoms with Crippen LogP contribution in [0, 0.1) is 0 Å². The van der Waals surface area contributed by atoms with E-state index in [1.165, 1.54) is 0 Å². The number of rotatable bonds is 9. The van der Waals surface area contributed by atoms with Gasteiger partial charge < -0.3 is 18.9 Å². The SMILES string of the molecule is C=C(C)C(=O)O/C(C)=C(\C)Oc1ccc(-c2ccc(O/C(C)=C(\C)OC(=O)C(=C)C)cc2)cc1. The van der Waals surface area contributed by atoms with Crippen molar-refractivity contribution in [2.24, 2.45) is 0 Å². The maximum Gasteiger partial charge on any atom is 0.338 e. The molecular formula is C28H30O6. The summed E-state index contributed by atoms with van der Waals surface area (Å²) in [5, 5.41) is 0. The van der Waals surface area contributed by atoms with Crippen LogP contribution in [0.1, 0.15) is 41.5 Å². The normalized spacial score (nSPS) is 12.1. The Morgan fingerprint density at radius 2 is 0.824 bits per heavy atom. The molecule has 0 radical (unpaired) electrons. The van der Waals surface area contributed by atoms with Crippen molar-refractivity contribution in [3.8, 4) is 22.6 Å². The molecule has 2 aromatic carbocycles. The molecule has 6 heteroatoms. The first-order valence-corrected chi connectivity index (χ1v) is 10.6. The summed E-state index contributed by atoms with van der Waals surface area (Å²) >= 11 is 0. The quantitative estimate of drug-likeness (QED) is 0.230. The highest BCUT2D eigenvalue weighted by molar-refractivity contribution is 5.88. The third-order valence-electron chi connectivity index (χ3n) is 4.76. The van der Waals surface area contributed by atoms with Gasteiger partial charge in [0.2, 0.25) is 0 Å². The molecule has 2 aromatic rings. The van der Waals surface area contributed by atoms with Gasteiger partial charge in [0.25, 0.3) is 0 Å².